The number of fused-ring (bicyclic) bond motifs is 6. The van der Waals surface area contributed by atoms with Gasteiger partial charge >= 0.3 is 0 Å². The molecule has 2 nitrogen and oxygen atoms in total. The summed E-state index contributed by atoms with van der Waals surface area (Å²) in [6, 6.07) is 65.0. The second-order valence-electron chi connectivity index (χ2n) is 12.9. The van der Waals surface area contributed by atoms with E-state index in [-0.39, 0.29) is 0 Å². The van der Waals surface area contributed by atoms with Crippen molar-refractivity contribution in [1.29, 1.82) is 0 Å². The van der Waals surface area contributed by atoms with E-state index in [0.29, 0.717) is 0 Å². The lowest BCUT2D eigenvalue weighted by molar-refractivity contribution is 1.19. The lowest BCUT2D eigenvalue weighted by atomic mass is 9.91. The van der Waals surface area contributed by atoms with Crippen LogP contribution < -0.4 is 0 Å². The van der Waals surface area contributed by atoms with Crippen molar-refractivity contribution in [3.05, 3.63) is 182 Å². The smallest absolute Gasteiger partial charge is 0.160 e. The average Bonchev–Trinajstić information content (AvgIpc) is 3.61. The molecule has 0 radical (unpaired) electrons. The molecule has 2 heterocycles. The second-order valence-corrected chi connectivity index (χ2v) is 14.0. The first-order chi connectivity index (χ1) is 25.3. The third-order valence-corrected chi connectivity index (χ3v) is 11.1. The normalized spacial score (nSPS) is 11.5. The van der Waals surface area contributed by atoms with E-state index in [1.54, 1.807) is 0 Å². The fourth-order valence-electron chi connectivity index (χ4n) is 7.45. The van der Waals surface area contributed by atoms with Crippen LogP contribution in [0.15, 0.2) is 182 Å². The molecule has 0 saturated heterocycles. The predicted octanol–water partition coefficient (Wildman–Crippen LogP) is 13.5. The van der Waals surface area contributed by atoms with E-state index >= 15 is 0 Å². The maximum atomic E-state index is 5.21. The van der Waals surface area contributed by atoms with Crippen molar-refractivity contribution in [1.82, 2.24) is 9.97 Å². The monoisotopic (exact) mass is 666 g/mol. The Balaban J connectivity index is 1.15. The summed E-state index contributed by atoms with van der Waals surface area (Å²) in [6.45, 7) is 0. The molecule has 0 saturated carbocycles. The van der Waals surface area contributed by atoms with Crippen molar-refractivity contribution < 1.29 is 0 Å². The molecular weight excluding hydrogens is 637 g/mol. The first-order valence-electron chi connectivity index (χ1n) is 17.2. The zero-order valence-corrected chi connectivity index (χ0v) is 28.4. The third kappa shape index (κ3) is 5.10. The Morgan fingerprint density at radius 1 is 0.353 bits per heavy atom. The van der Waals surface area contributed by atoms with Gasteiger partial charge in [-0.25, -0.2) is 9.97 Å². The molecule has 0 atom stereocenters. The van der Waals surface area contributed by atoms with E-state index in [9.17, 15) is 0 Å². The highest BCUT2D eigenvalue weighted by atomic mass is 32.1. The lowest BCUT2D eigenvalue weighted by Gasteiger charge is -2.13. The molecule has 0 fully saturated rings. The van der Waals surface area contributed by atoms with Crippen molar-refractivity contribution in [2.45, 2.75) is 0 Å². The van der Waals surface area contributed by atoms with Gasteiger partial charge in [0.25, 0.3) is 0 Å². The molecule has 10 rings (SSSR count). The van der Waals surface area contributed by atoms with Crippen molar-refractivity contribution >= 4 is 53.1 Å². The van der Waals surface area contributed by atoms with Gasteiger partial charge in [0.05, 0.1) is 11.4 Å². The number of rotatable bonds is 5. The maximum Gasteiger partial charge on any atom is 0.160 e. The Morgan fingerprint density at radius 3 is 1.69 bits per heavy atom. The Morgan fingerprint density at radius 2 is 0.922 bits per heavy atom. The predicted molar refractivity (Wildman–Crippen MR) is 217 cm³/mol. The summed E-state index contributed by atoms with van der Waals surface area (Å²) in [4.78, 5) is 10.3. The molecule has 51 heavy (non-hydrogen) atoms. The van der Waals surface area contributed by atoms with Gasteiger partial charge in [-0.3, -0.25) is 0 Å². The standard InChI is InChI=1S/C48H30N2S/c1-3-13-33(14-4-1)43-30-44(50-48(49-43)34-15-5-2-6-16-34)40-28-27-37(46-41-21-11-12-22-45(41)51-47(40)46)31-23-25-32(26-24-31)42-29-35-17-7-8-18-36(35)38-19-9-10-20-39(38)42/h1-30H. The van der Waals surface area contributed by atoms with Gasteiger partial charge < -0.3 is 0 Å². The third-order valence-electron chi connectivity index (χ3n) is 9.90. The summed E-state index contributed by atoms with van der Waals surface area (Å²) in [5.41, 5.74) is 9.91. The SMILES string of the molecule is c1ccc(-c2cc(-c3ccc(-c4ccc(-c5cc6ccccc6c6ccccc56)cc4)c4c3sc3ccccc34)nc(-c3ccccc3)n2)cc1. The van der Waals surface area contributed by atoms with Crippen molar-refractivity contribution in [3.63, 3.8) is 0 Å². The van der Waals surface area contributed by atoms with Crippen LogP contribution in [0.5, 0.6) is 0 Å². The number of nitrogens with zero attached hydrogens (tertiary/aromatic N) is 2. The summed E-state index contributed by atoms with van der Waals surface area (Å²) >= 11 is 1.84. The maximum absolute atomic E-state index is 5.21. The Hall–Kier alpha value is -6.42. The van der Waals surface area contributed by atoms with Crippen LogP contribution in [0.25, 0.3) is 97.9 Å². The van der Waals surface area contributed by atoms with Crippen LogP contribution in [0, 0.1) is 0 Å². The Labute approximate surface area is 300 Å². The fraction of sp³-hybridized carbons (Fsp3) is 0. The van der Waals surface area contributed by atoms with E-state index in [4.69, 9.17) is 9.97 Å². The van der Waals surface area contributed by atoms with Crippen molar-refractivity contribution in [2.24, 2.45) is 0 Å². The van der Waals surface area contributed by atoms with Gasteiger partial charge in [-0.15, -0.1) is 11.3 Å². The highest BCUT2D eigenvalue weighted by Crippen LogP contribution is 2.45. The number of aromatic nitrogens is 2. The van der Waals surface area contributed by atoms with E-state index in [0.717, 1.165) is 33.9 Å². The van der Waals surface area contributed by atoms with E-state index in [1.165, 1.54) is 64.0 Å². The minimum atomic E-state index is 0.724. The first-order valence-corrected chi connectivity index (χ1v) is 18.1. The van der Waals surface area contributed by atoms with Crippen LogP contribution in [-0.4, -0.2) is 9.97 Å². The summed E-state index contributed by atoms with van der Waals surface area (Å²) < 4.78 is 2.50. The summed E-state index contributed by atoms with van der Waals surface area (Å²) in [5.74, 6) is 0.724. The van der Waals surface area contributed by atoms with Gasteiger partial charge in [-0.2, -0.15) is 0 Å². The lowest BCUT2D eigenvalue weighted by Crippen LogP contribution is -1.96. The summed E-state index contributed by atoms with van der Waals surface area (Å²) in [6.07, 6.45) is 0. The molecule has 10 aromatic rings. The van der Waals surface area contributed by atoms with Gasteiger partial charge in [0, 0.05) is 36.9 Å². The molecule has 0 amide bonds. The zero-order chi connectivity index (χ0) is 33.7. The van der Waals surface area contributed by atoms with Crippen LogP contribution in [0.4, 0.5) is 0 Å². The van der Waals surface area contributed by atoms with Crippen molar-refractivity contribution in [2.75, 3.05) is 0 Å². The van der Waals surface area contributed by atoms with Crippen LogP contribution >= 0.6 is 11.3 Å². The molecular formula is C48H30N2S. The van der Waals surface area contributed by atoms with Crippen LogP contribution in [0.1, 0.15) is 0 Å². The van der Waals surface area contributed by atoms with Crippen LogP contribution in [-0.2, 0) is 0 Å². The molecule has 0 N–H and O–H groups in total. The molecule has 0 bridgehead atoms. The quantitative estimate of drug-likeness (QED) is 0.171. The van der Waals surface area contributed by atoms with Gasteiger partial charge in [0.15, 0.2) is 5.82 Å². The largest absolute Gasteiger partial charge is 0.228 e. The molecule has 0 unspecified atom stereocenters. The summed E-state index contributed by atoms with van der Waals surface area (Å²) in [5, 5.41) is 7.63. The molecule has 0 spiro atoms. The molecule has 2 aromatic heterocycles. The minimum Gasteiger partial charge on any atom is -0.228 e. The van der Waals surface area contributed by atoms with Crippen LogP contribution in [0.3, 0.4) is 0 Å². The van der Waals surface area contributed by atoms with Gasteiger partial charge in [-0.05, 0) is 62.0 Å². The minimum absolute atomic E-state index is 0.724. The molecule has 0 aliphatic carbocycles. The Bertz CT molecular complexity index is 2830. The molecule has 0 aliphatic rings. The molecule has 8 aromatic carbocycles. The van der Waals surface area contributed by atoms with Gasteiger partial charge in [0.2, 0.25) is 0 Å². The second kappa shape index (κ2) is 12.2. The number of benzene rings is 8. The van der Waals surface area contributed by atoms with Gasteiger partial charge in [0.1, 0.15) is 0 Å². The zero-order valence-electron chi connectivity index (χ0n) is 27.6. The van der Waals surface area contributed by atoms with E-state index < -0.39 is 0 Å². The first kappa shape index (κ1) is 29.5. The fourth-order valence-corrected chi connectivity index (χ4v) is 8.70. The number of hydrogen-bond acceptors (Lipinski definition) is 3. The topological polar surface area (TPSA) is 25.8 Å². The molecule has 0 aliphatic heterocycles. The van der Waals surface area contributed by atoms with Crippen LogP contribution in [0.2, 0.25) is 0 Å². The molecule has 238 valence electrons. The molecule has 3 heteroatoms. The Kier molecular flexibility index (Phi) is 7.04. The van der Waals surface area contributed by atoms with E-state index in [1.807, 2.05) is 35.6 Å². The number of hydrogen-bond donors (Lipinski definition) is 0. The highest BCUT2D eigenvalue weighted by Gasteiger charge is 2.19. The van der Waals surface area contributed by atoms with Crippen molar-refractivity contribution in [3.8, 4) is 56.2 Å². The van der Waals surface area contributed by atoms with Gasteiger partial charge in [-0.1, -0.05) is 164 Å². The summed E-state index contributed by atoms with van der Waals surface area (Å²) in [7, 11) is 0. The number of thiophene rings is 1. The van der Waals surface area contributed by atoms with E-state index in [2.05, 4.69) is 158 Å². The average molecular weight is 667 g/mol. The highest BCUT2D eigenvalue weighted by molar-refractivity contribution is 7.26.